The van der Waals surface area contributed by atoms with E-state index >= 15 is 0 Å². The molecule has 0 radical (unpaired) electrons. The molecule has 0 spiro atoms. The minimum absolute atomic E-state index is 0.297. The Morgan fingerprint density at radius 3 is 2.78 bits per heavy atom. The minimum atomic E-state index is -0.297. The molecule has 1 fully saturated rings. The normalized spacial score (nSPS) is 16.2. The molecule has 5 heteroatoms. The molecule has 0 saturated carbocycles. The van der Waals surface area contributed by atoms with Crippen LogP contribution in [0.25, 0.3) is 10.9 Å². The summed E-state index contributed by atoms with van der Waals surface area (Å²) in [6.07, 6.45) is 0. The van der Waals surface area contributed by atoms with Gasteiger partial charge < -0.3 is 9.64 Å². The van der Waals surface area contributed by atoms with Crippen LogP contribution in [-0.4, -0.2) is 31.3 Å². The van der Waals surface area contributed by atoms with Gasteiger partial charge in [0.1, 0.15) is 11.3 Å². The first kappa shape index (κ1) is 11.9. The molecule has 94 valence electrons. The van der Waals surface area contributed by atoms with Crippen LogP contribution in [0.3, 0.4) is 0 Å². The Labute approximate surface area is 113 Å². The van der Waals surface area contributed by atoms with Gasteiger partial charge in [-0.1, -0.05) is 15.9 Å². The highest BCUT2D eigenvalue weighted by Crippen LogP contribution is 2.24. The van der Waals surface area contributed by atoms with Gasteiger partial charge in [0, 0.05) is 22.9 Å². The standard InChI is InChI=1S/C13H12BrFN2O/c14-10-7-9-1-2-12(16-13(9)11(15)8-10)17-3-5-18-6-4-17/h1-2,7-8H,3-6H2. The Hall–Kier alpha value is -1.20. The number of nitrogens with zero attached hydrogens (tertiary/aromatic N) is 2. The second-order valence-electron chi connectivity index (χ2n) is 4.23. The monoisotopic (exact) mass is 310 g/mol. The third-order valence-electron chi connectivity index (χ3n) is 3.03. The molecule has 0 N–H and O–H groups in total. The summed E-state index contributed by atoms with van der Waals surface area (Å²) in [7, 11) is 0. The summed E-state index contributed by atoms with van der Waals surface area (Å²) >= 11 is 3.28. The van der Waals surface area contributed by atoms with E-state index in [0.717, 1.165) is 28.8 Å². The lowest BCUT2D eigenvalue weighted by molar-refractivity contribution is 0.122. The van der Waals surface area contributed by atoms with Gasteiger partial charge in [-0.3, -0.25) is 0 Å². The molecular formula is C13H12BrFN2O. The first-order chi connectivity index (χ1) is 8.74. The van der Waals surface area contributed by atoms with E-state index in [0.29, 0.717) is 18.7 Å². The second kappa shape index (κ2) is 4.82. The van der Waals surface area contributed by atoms with Crippen molar-refractivity contribution in [1.82, 2.24) is 4.98 Å². The van der Waals surface area contributed by atoms with Gasteiger partial charge in [-0.2, -0.15) is 0 Å². The fraction of sp³-hybridized carbons (Fsp3) is 0.308. The number of rotatable bonds is 1. The molecule has 1 aliphatic rings. The van der Waals surface area contributed by atoms with Crippen LogP contribution in [0.5, 0.6) is 0 Å². The van der Waals surface area contributed by atoms with Gasteiger partial charge >= 0.3 is 0 Å². The Morgan fingerprint density at radius 2 is 2.00 bits per heavy atom. The number of pyridine rings is 1. The van der Waals surface area contributed by atoms with Crippen LogP contribution in [0.15, 0.2) is 28.7 Å². The summed E-state index contributed by atoms with van der Waals surface area (Å²) in [6.45, 7) is 3.00. The number of aromatic nitrogens is 1. The number of ether oxygens (including phenoxy) is 1. The summed E-state index contributed by atoms with van der Waals surface area (Å²) in [5.41, 5.74) is 0.419. The fourth-order valence-electron chi connectivity index (χ4n) is 2.12. The number of benzene rings is 1. The number of hydrogen-bond donors (Lipinski definition) is 0. The van der Waals surface area contributed by atoms with Crippen molar-refractivity contribution in [2.45, 2.75) is 0 Å². The molecule has 0 unspecified atom stereocenters. The van der Waals surface area contributed by atoms with Crippen LogP contribution in [-0.2, 0) is 4.74 Å². The van der Waals surface area contributed by atoms with Crippen LogP contribution in [0.1, 0.15) is 0 Å². The summed E-state index contributed by atoms with van der Waals surface area (Å²) < 4.78 is 19.9. The first-order valence-electron chi connectivity index (χ1n) is 5.82. The SMILES string of the molecule is Fc1cc(Br)cc2ccc(N3CCOCC3)nc12. The second-order valence-corrected chi connectivity index (χ2v) is 5.14. The van der Waals surface area contributed by atoms with E-state index in [9.17, 15) is 4.39 Å². The highest BCUT2D eigenvalue weighted by atomic mass is 79.9. The van der Waals surface area contributed by atoms with Crippen molar-refractivity contribution in [3.63, 3.8) is 0 Å². The van der Waals surface area contributed by atoms with Crippen molar-refractivity contribution in [1.29, 1.82) is 0 Å². The van der Waals surface area contributed by atoms with Crippen molar-refractivity contribution in [3.8, 4) is 0 Å². The molecule has 1 saturated heterocycles. The topological polar surface area (TPSA) is 25.4 Å². The largest absolute Gasteiger partial charge is 0.378 e. The Balaban J connectivity index is 2.04. The van der Waals surface area contributed by atoms with E-state index < -0.39 is 0 Å². The van der Waals surface area contributed by atoms with Crippen LogP contribution >= 0.6 is 15.9 Å². The maximum atomic E-state index is 13.9. The summed E-state index contributed by atoms with van der Waals surface area (Å²) in [5.74, 6) is 0.515. The lowest BCUT2D eigenvalue weighted by Crippen LogP contribution is -2.36. The average molecular weight is 311 g/mol. The van der Waals surface area contributed by atoms with Gasteiger partial charge in [0.2, 0.25) is 0 Å². The van der Waals surface area contributed by atoms with Gasteiger partial charge in [0.05, 0.1) is 13.2 Å². The number of fused-ring (bicyclic) bond motifs is 1. The van der Waals surface area contributed by atoms with E-state index in [1.807, 2.05) is 18.2 Å². The Bertz CT molecular complexity index is 584. The lowest BCUT2D eigenvalue weighted by Gasteiger charge is -2.27. The molecule has 0 aliphatic carbocycles. The van der Waals surface area contributed by atoms with Crippen molar-refractivity contribution >= 4 is 32.7 Å². The van der Waals surface area contributed by atoms with Crippen LogP contribution in [0, 0.1) is 5.82 Å². The number of morpholine rings is 1. The van der Waals surface area contributed by atoms with E-state index in [2.05, 4.69) is 25.8 Å². The predicted molar refractivity (Wildman–Crippen MR) is 72.4 cm³/mol. The minimum Gasteiger partial charge on any atom is -0.378 e. The molecule has 0 amide bonds. The number of anilines is 1. The van der Waals surface area contributed by atoms with Gasteiger partial charge in [0.15, 0.2) is 5.82 Å². The maximum absolute atomic E-state index is 13.9. The zero-order chi connectivity index (χ0) is 12.5. The van der Waals surface area contributed by atoms with Crippen LogP contribution in [0.4, 0.5) is 10.2 Å². The van der Waals surface area contributed by atoms with Gasteiger partial charge in [0.25, 0.3) is 0 Å². The molecule has 1 aromatic heterocycles. The van der Waals surface area contributed by atoms with Crippen LogP contribution < -0.4 is 4.90 Å². The fourth-order valence-corrected chi connectivity index (χ4v) is 2.56. The van der Waals surface area contributed by atoms with Gasteiger partial charge in [-0.25, -0.2) is 9.37 Å². The first-order valence-corrected chi connectivity index (χ1v) is 6.62. The molecule has 2 heterocycles. The van der Waals surface area contributed by atoms with E-state index in [-0.39, 0.29) is 5.82 Å². The Kier molecular flexibility index (Phi) is 3.18. The zero-order valence-electron chi connectivity index (χ0n) is 9.70. The van der Waals surface area contributed by atoms with Crippen molar-refractivity contribution in [2.75, 3.05) is 31.2 Å². The zero-order valence-corrected chi connectivity index (χ0v) is 11.3. The summed E-state index contributed by atoms with van der Waals surface area (Å²) in [5, 5.41) is 0.805. The number of hydrogen-bond acceptors (Lipinski definition) is 3. The van der Waals surface area contributed by atoms with Crippen molar-refractivity contribution in [3.05, 3.63) is 34.6 Å². The molecule has 0 atom stereocenters. The smallest absolute Gasteiger partial charge is 0.150 e. The quantitative estimate of drug-likeness (QED) is 0.809. The maximum Gasteiger partial charge on any atom is 0.150 e. The van der Waals surface area contributed by atoms with Gasteiger partial charge in [-0.15, -0.1) is 0 Å². The molecule has 0 bridgehead atoms. The highest BCUT2D eigenvalue weighted by molar-refractivity contribution is 9.10. The highest BCUT2D eigenvalue weighted by Gasteiger charge is 2.13. The van der Waals surface area contributed by atoms with E-state index in [1.54, 1.807) is 0 Å². The summed E-state index contributed by atoms with van der Waals surface area (Å²) in [6, 6.07) is 7.15. The third kappa shape index (κ3) is 2.20. The van der Waals surface area contributed by atoms with Crippen molar-refractivity contribution in [2.24, 2.45) is 0 Å². The van der Waals surface area contributed by atoms with Gasteiger partial charge in [-0.05, 0) is 24.3 Å². The Morgan fingerprint density at radius 1 is 1.22 bits per heavy atom. The van der Waals surface area contributed by atoms with E-state index in [1.165, 1.54) is 6.07 Å². The van der Waals surface area contributed by atoms with E-state index in [4.69, 9.17) is 4.74 Å². The molecule has 3 rings (SSSR count). The third-order valence-corrected chi connectivity index (χ3v) is 3.49. The molecule has 18 heavy (non-hydrogen) atoms. The molecule has 1 aromatic carbocycles. The van der Waals surface area contributed by atoms with Crippen LogP contribution in [0.2, 0.25) is 0 Å². The van der Waals surface area contributed by atoms with Crippen molar-refractivity contribution < 1.29 is 9.13 Å². The molecule has 3 nitrogen and oxygen atoms in total. The summed E-state index contributed by atoms with van der Waals surface area (Å²) in [4.78, 5) is 6.53. The number of halogens is 2. The molecule has 1 aliphatic heterocycles. The predicted octanol–water partition coefficient (Wildman–Crippen LogP) is 2.97. The molecular weight excluding hydrogens is 299 g/mol. The molecule has 2 aromatic rings. The lowest BCUT2D eigenvalue weighted by atomic mass is 10.2. The average Bonchev–Trinajstić information content (AvgIpc) is 2.39.